The minimum Gasteiger partial charge on any atom is -0.375 e. The molecule has 1 aliphatic rings. The zero-order valence-electron chi connectivity index (χ0n) is 11.0. The Morgan fingerprint density at radius 3 is 2.53 bits per heavy atom. The van der Waals surface area contributed by atoms with Crippen LogP contribution in [0.4, 0.5) is 5.69 Å². The van der Waals surface area contributed by atoms with E-state index in [9.17, 15) is 5.11 Å². The predicted molar refractivity (Wildman–Crippen MR) is 75.9 cm³/mol. The number of hydrogen-bond donors (Lipinski definition) is 3. The van der Waals surface area contributed by atoms with Crippen LogP contribution in [0.3, 0.4) is 0 Å². The van der Waals surface area contributed by atoms with Crippen molar-refractivity contribution in [3.63, 3.8) is 0 Å². The summed E-state index contributed by atoms with van der Waals surface area (Å²) in [5.74, 6) is 0.308. The number of nitrogens with one attached hydrogen (secondary N) is 1. The predicted octanol–water partition coefficient (Wildman–Crippen LogP) is 1.40. The van der Waals surface area contributed by atoms with Crippen molar-refractivity contribution in [1.29, 1.82) is 5.41 Å². The van der Waals surface area contributed by atoms with Gasteiger partial charge in [-0.3, -0.25) is 5.41 Å². The van der Waals surface area contributed by atoms with Gasteiger partial charge in [0.25, 0.3) is 0 Å². The first-order chi connectivity index (χ1) is 9.02. The lowest BCUT2D eigenvalue weighted by Gasteiger charge is -2.09. The van der Waals surface area contributed by atoms with E-state index in [-0.39, 0.29) is 0 Å². The van der Waals surface area contributed by atoms with E-state index < -0.39 is 6.23 Å². The molecule has 1 aliphatic heterocycles. The summed E-state index contributed by atoms with van der Waals surface area (Å²) >= 11 is 0. The highest BCUT2D eigenvalue weighted by Crippen LogP contribution is 2.18. The van der Waals surface area contributed by atoms with Gasteiger partial charge in [-0.1, -0.05) is 12.1 Å². The van der Waals surface area contributed by atoms with Gasteiger partial charge in [-0.05, 0) is 31.5 Å². The van der Waals surface area contributed by atoms with Crippen molar-refractivity contribution in [2.24, 2.45) is 15.8 Å². The Morgan fingerprint density at radius 1 is 1.42 bits per heavy atom. The van der Waals surface area contributed by atoms with Crippen molar-refractivity contribution in [3.8, 4) is 0 Å². The SMILES string of the molecule is CCN1N=C(C)C(=Nc2ccc(C(N)O)cc2)C1=N. The van der Waals surface area contributed by atoms with E-state index in [1.54, 1.807) is 29.3 Å². The molecule has 4 N–H and O–H groups in total. The van der Waals surface area contributed by atoms with Crippen LogP contribution in [0.15, 0.2) is 34.4 Å². The molecule has 1 unspecified atom stereocenters. The second-order valence-corrected chi connectivity index (χ2v) is 4.25. The second kappa shape index (κ2) is 5.29. The lowest BCUT2D eigenvalue weighted by atomic mass is 10.2. The van der Waals surface area contributed by atoms with Gasteiger partial charge in [0.05, 0.1) is 11.4 Å². The van der Waals surface area contributed by atoms with Crippen molar-refractivity contribution in [3.05, 3.63) is 29.8 Å². The van der Waals surface area contributed by atoms with Gasteiger partial charge in [-0.15, -0.1) is 0 Å². The molecule has 6 nitrogen and oxygen atoms in total. The molecule has 1 heterocycles. The minimum absolute atomic E-state index is 0.308. The van der Waals surface area contributed by atoms with Crippen molar-refractivity contribution in [2.45, 2.75) is 20.1 Å². The summed E-state index contributed by atoms with van der Waals surface area (Å²) in [5.41, 5.74) is 8.01. The summed E-state index contributed by atoms with van der Waals surface area (Å²) in [4.78, 5) is 4.42. The van der Waals surface area contributed by atoms with E-state index in [0.717, 1.165) is 5.71 Å². The first kappa shape index (κ1) is 13.4. The highest BCUT2D eigenvalue weighted by molar-refractivity contribution is 6.69. The van der Waals surface area contributed by atoms with Crippen molar-refractivity contribution >= 4 is 22.9 Å². The molecule has 0 bridgehead atoms. The zero-order valence-corrected chi connectivity index (χ0v) is 11.0. The summed E-state index contributed by atoms with van der Waals surface area (Å²) in [5, 5.41) is 23.1. The molecule has 6 heteroatoms. The Kier molecular flexibility index (Phi) is 3.73. The number of aliphatic hydroxyl groups excluding tert-OH is 1. The van der Waals surface area contributed by atoms with Crippen LogP contribution in [-0.4, -0.2) is 33.9 Å². The molecule has 0 spiro atoms. The van der Waals surface area contributed by atoms with E-state index in [2.05, 4.69) is 10.1 Å². The van der Waals surface area contributed by atoms with E-state index in [0.29, 0.717) is 29.3 Å². The zero-order chi connectivity index (χ0) is 14.0. The molecule has 0 fully saturated rings. The fraction of sp³-hybridized carbons (Fsp3) is 0.308. The van der Waals surface area contributed by atoms with Crippen LogP contribution in [0.25, 0.3) is 0 Å². The molecule has 0 aliphatic carbocycles. The van der Waals surface area contributed by atoms with E-state index in [1.165, 1.54) is 0 Å². The number of amidine groups is 1. The molecule has 19 heavy (non-hydrogen) atoms. The quantitative estimate of drug-likeness (QED) is 0.715. The largest absolute Gasteiger partial charge is 0.375 e. The lowest BCUT2D eigenvalue weighted by Crippen LogP contribution is -2.26. The Hall–Kier alpha value is -2.05. The number of rotatable bonds is 3. The third-order valence-corrected chi connectivity index (χ3v) is 2.87. The van der Waals surface area contributed by atoms with Crippen LogP contribution in [0.5, 0.6) is 0 Å². The van der Waals surface area contributed by atoms with Crippen molar-refractivity contribution in [1.82, 2.24) is 5.01 Å². The Bertz CT molecular complexity index is 545. The maximum absolute atomic E-state index is 9.23. The van der Waals surface area contributed by atoms with Gasteiger partial charge in [0.1, 0.15) is 11.9 Å². The molecule has 1 aromatic carbocycles. The molecule has 1 aromatic rings. The van der Waals surface area contributed by atoms with E-state index in [4.69, 9.17) is 11.1 Å². The Balaban J connectivity index is 2.27. The number of aliphatic imine (C=N–C) groups is 1. The van der Waals surface area contributed by atoms with Crippen molar-refractivity contribution in [2.75, 3.05) is 6.54 Å². The summed E-state index contributed by atoms with van der Waals surface area (Å²) in [7, 11) is 0. The first-order valence-electron chi connectivity index (χ1n) is 6.07. The van der Waals surface area contributed by atoms with Crippen LogP contribution < -0.4 is 5.73 Å². The summed E-state index contributed by atoms with van der Waals surface area (Å²) in [6.45, 7) is 4.42. The molecule has 0 amide bonds. The molecular weight excluding hydrogens is 242 g/mol. The van der Waals surface area contributed by atoms with Gasteiger partial charge >= 0.3 is 0 Å². The Labute approximate surface area is 111 Å². The third kappa shape index (κ3) is 2.69. The van der Waals surface area contributed by atoms with Gasteiger partial charge in [0.15, 0.2) is 5.84 Å². The highest BCUT2D eigenvalue weighted by atomic mass is 16.3. The normalized spacial score (nSPS) is 18.9. The fourth-order valence-corrected chi connectivity index (χ4v) is 1.81. The van der Waals surface area contributed by atoms with Gasteiger partial charge < -0.3 is 10.8 Å². The summed E-state index contributed by atoms with van der Waals surface area (Å²) in [6, 6.07) is 6.94. The minimum atomic E-state index is -0.981. The molecule has 0 saturated heterocycles. The fourth-order valence-electron chi connectivity index (χ4n) is 1.81. The number of aliphatic hydroxyl groups is 1. The number of benzene rings is 1. The standard InChI is InChI=1S/C13H17N5O/c1-3-18-12(14)11(8(2)17-18)16-10-6-4-9(5-7-10)13(15)19/h4-7,13-14,19H,3,15H2,1-2H3. The van der Waals surface area contributed by atoms with Gasteiger partial charge in [0, 0.05) is 6.54 Å². The van der Waals surface area contributed by atoms with Crippen LogP contribution >= 0.6 is 0 Å². The van der Waals surface area contributed by atoms with E-state index >= 15 is 0 Å². The average molecular weight is 259 g/mol. The van der Waals surface area contributed by atoms with Gasteiger partial charge in [-0.2, -0.15) is 5.10 Å². The van der Waals surface area contributed by atoms with Crippen LogP contribution in [0.1, 0.15) is 25.6 Å². The third-order valence-electron chi connectivity index (χ3n) is 2.87. The maximum atomic E-state index is 9.23. The monoisotopic (exact) mass is 259 g/mol. The van der Waals surface area contributed by atoms with E-state index in [1.807, 2.05) is 13.8 Å². The Morgan fingerprint density at radius 2 is 2.05 bits per heavy atom. The molecule has 0 saturated carbocycles. The number of nitrogens with two attached hydrogens (primary N) is 1. The summed E-state index contributed by atoms with van der Waals surface area (Å²) in [6.07, 6.45) is -0.981. The van der Waals surface area contributed by atoms with Crippen molar-refractivity contribution < 1.29 is 5.11 Å². The average Bonchev–Trinajstić information content (AvgIpc) is 2.67. The van der Waals surface area contributed by atoms with Gasteiger partial charge in [-0.25, -0.2) is 10.0 Å². The second-order valence-electron chi connectivity index (χ2n) is 4.25. The van der Waals surface area contributed by atoms with Gasteiger partial charge in [0.2, 0.25) is 0 Å². The molecular formula is C13H17N5O. The summed E-state index contributed by atoms with van der Waals surface area (Å²) < 4.78 is 0. The molecule has 1 atom stereocenters. The molecule has 0 radical (unpaired) electrons. The molecule has 0 aromatic heterocycles. The smallest absolute Gasteiger partial charge is 0.169 e. The number of hydrogen-bond acceptors (Lipinski definition) is 5. The molecule has 100 valence electrons. The van der Waals surface area contributed by atoms with Crippen LogP contribution in [0.2, 0.25) is 0 Å². The van der Waals surface area contributed by atoms with Crippen LogP contribution in [0, 0.1) is 5.41 Å². The maximum Gasteiger partial charge on any atom is 0.169 e. The molecule has 2 rings (SSSR count). The van der Waals surface area contributed by atoms with Crippen LogP contribution in [-0.2, 0) is 0 Å². The topological polar surface area (TPSA) is 98.1 Å². The highest BCUT2D eigenvalue weighted by Gasteiger charge is 2.24. The number of hydrazone groups is 1. The number of nitrogens with zero attached hydrogens (tertiary/aromatic N) is 3. The first-order valence-corrected chi connectivity index (χ1v) is 6.07. The lowest BCUT2D eigenvalue weighted by molar-refractivity contribution is 0.186.